The number of hydrogen-bond acceptors (Lipinski definition) is 4. The molecule has 0 bridgehead atoms. The van der Waals surface area contributed by atoms with Gasteiger partial charge in [-0.25, -0.2) is 4.98 Å². The lowest BCUT2D eigenvalue weighted by Crippen LogP contribution is -2.38. The Morgan fingerprint density at radius 2 is 2.08 bits per heavy atom. The molecular weight excluding hydrogens is 316 g/mol. The SMILES string of the molecule is CN=C(NCCOc1cccc(C)c1)NCc1ncc(C(C)(C)C)o1. The van der Waals surface area contributed by atoms with E-state index >= 15 is 0 Å². The minimum absolute atomic E-state index is 0.0433. The lowest BCUT2D eigenvalue weighted by atomic mass is 9.94. The van der Waals surface area contributed by atoms with E-state index in [9.17, 15) is 0 Å². The Balaban J connectivity index is 1.73. The maximum atomic E-state index is 5.76. The fraction of sp³-hybridized carbons (Fsp3) is 0.474. The number of guanidine groups is 1. The summed E-state index contributed by atoms with van der Waals surface area (Å²) in [5.74, 6) is 3.07. The van der Waals surface area contributed by atoms with Crippen LogP contribution in [0.15, 0.2) is 39.9 Å². The van der Waals surface area contributed by atoms with Gasteiger partial charge < -0.3 is 19.8 Å². The summed E-state index contributed by atoms with van der Waals surface area (Å²) in [5, 5.41) is 6.39. The molecule has 1 aromatic heterocycles. The zero-order chi connectivity index (χ0) is 18.3. The van der Waals surface area contributed by atoms with Crippen molar-refractivity contribution < 1.29 is 9.15 Å². The van der Waals surface area contributed by atoms with Gasteiger partial charge in [0.25, 0.3) is 0 Å². The van der Waals surface area contributed by atoms with Gasteiger partial charge in [-0.15, -0.1) is 0 Å². The molecule has 0 atom stereocenters. The van der Waals surface area contributed by atoms with Gasteiger partial charge >= 0.3 is 0 Å². The molecular formula is C19H28N4O2. The molecule has 6 heteroatoms. The Kier molecular flexibility index (Phi) is 6.44. The molecule has 0 aliphatic carbocycles. The number of rotatable bonds is 6. The first-order chi connectivity index (χ1) is 11.9. The van der Waals surface area contributed by atoms with E-state index in [-0.39, 0.29) is 5.41 Å². The summed E-state index contributed by atoms with van der Waals surface area (Å²) in [5.41, 5.74) is 1.14. The molecule has 0 fully saturated rings. The van der Waals surface area contributed by atoms with Crippen molar-refractivity contribution in [3.05, 3.63) is 47.7 Å². The second kappa shape index (κ2) is 8.55. The number of benzene rings is 1. The van der Waals surface area contributed by atoms with Crippen molar-refractivity contribution in [3.63, 3.8) is 0 Å². The van der Waals surface area contributed by atoms with E-state index < -0.39 is 0 Å². The molecule has 0 saturated carbocycles. The lowest BCUT2D eigenvalue weighted by Gasteiger charge is -2.13. The third kappa shape index (κ3) is 6.14. The van der Waals surface area contributed by atoms with E-state index in [0.29, 0.717) is 31.5 Å². The van der Waals surface area contributed by atoms with Crippen LogP contribution in [0.4, 0.5) is 0 Å². The van der Waals surface area contributed by atoms with Crippen molar-refractivity contribution in [1.82, 2.24) is 15.6 Å². The van der Waals surface area contributed by atoms with Gasteiger partial charge in [0.1, 0.15) is 18.1 Å². The quantitative estimate of drug-likeness (QED) is 0.479. The van der Waals surface area contributed by atoms with Crippen molar-refractivity contribution in [1.29, 1.82) is 0 Å². The van der Waals surface area contributed by atoms with E-state index in [1.54, 1.807) is 13.2 Å². The van der Waals surface area contributed by atoms with E-state index in [0.717, 1.165) is 11.5 Å². The van der Waals surface area contributed by atoms with Crippen molar-refractivity contribution in [2.75, 3.05) is 20.2 Å². The van der Waals surface area contributed by atoms with Gasteiger partial charge in [-0.05, 0) is 24.6 Å². The number of hydrogen-bond donors (Lipinski definition) is 2. The minimum atomic E-state index is -0.0433. The second-order valence-electron chi connectivity index (χ2n) is 6.89. The Morgan fingerprint density at radius 3 is 2.72 bits per heavy atom. The van der Waals surface area contributed by atoms with Crippen molar-refractivity contribution >= 4 is 5.96 Å². The fourth-order valence-corrected chi connectivity index (χ4v) is 2.16. The summed E-state index contributed by atoms with van der Waals surface area (Å²) in [4.78, 5) is 8.48. The second-order valence-corrected chi connectivity index (χ2v) is 6.89. The third-order valence-corrected chi connectivity index (χ3v) is 3.58. The van der Waals surface area contributed by atoms with Crippen LogP contribution in [0.5, 0.6) is 5.75 Å². The molecule has 1 heterocycles. The topological polar surface area (TPSA) is 71.7 Å². The van der Waals surface area contributed by atoms with Crippen LogP contribution in [0.25, 0.3) is 0 Å². The highest BCUT2D eigenvalue weighted by molar-refractivity contribution is 5.79. The molecule has 0 aliphatic rings. The van der Waals surface area contributed by atoms with Gasteiger partial charge in [-0.2, -0.15) is 0 Å². The Hall–Kier alpha value is -2.50. The number of nitrogens with one attached hydrogen (secondary N) is 2. The van der Waals surface area contributed by atoms with Crippen LogP contribution in [0.1, 0.15) is 38.0 Å². The van der Waals surface area contributed by atoms with Gasteiger partial charge in [0.15, 0.2) is 5.96 Å². The number of aromatic nitrogens is 1. The average molecular weight is 344 g/mol. The van der Waals surface area contributed by atoms with Crippen LogP contribution in [0.2, 0.25) is 0 Å². The monoisotopic (exact) mass is 344 g/mol. The van der Waals surface area contributed by atoms with Crippen LogP contribution in [-0.2, 0) is 12.0 Å². The number of nitrogens with zero attached hydrogens (tertiary/aromatic N) is 2. The average Bonchev–Trinajstić information content (AvgIpc) is 3.03. The summed E-state index contributed by atoms with van der Waals surface area (Å²) in [6, 6.07) is 8.00. The number of aliphatic imine (C=N–C) groups is 1. The maximum Gasteiger partial charge on any atom is 0.213 e. The minimum Gasteiger partial charge on any atom is -0.492 e. The smallest absolute Gasteiger partial charge is 0.213 e. The van der Waals surface area contributed by atoms with Crippen LogP contribution in [0.3, 0.4) is 0 Å². The molecule has 25 heavy (non-hydrogen) atoms. The molecule has 0 saturated heterocycles. The van der Waals surface area contributed by atoms with Crippen LogP contribution in [-0.4, -0.2) is 31.1 Å². The van der Waals surface area contributed by atoms with Crippen molar-refractivity contribution in [2.24, 2.45) is 4.99 Å². The van der Waals surface area contributed by atoms with E-state index in [2.05, 4.69) is 41.4 Å². The highest BCUT2D eigenvalue weighted by Crippen LogP contribution is 2.22. The van der Waals surface area contributed by atoms with Gasteiger partial charge in [0.05, 0.1) is 19.3 Å². The number of aryl methyl sites for hydroxylation is 1. The first-order valence-corrected chi connectivity index (χ1v) is 8.47. The van der Waals surface area contributed by atoms with E-state index in [1.807, 2.05) is 31.2 Å². The molecule has 2 aromatic rings. The largest absolute Gasteiger partial charge is 0.492 e. The molecule has 0 unspecified atom stereocenters. The summed E-state index contributed by atoms with van der Waals surface area (Å²) in [6.07, 6.45) is 1.78. The first-order valence-electron chi connectivity index (χ1n) is 8.47. The maximum absolute atomic E-state index is 5.76. The van der Waals surface area contributed by atoms with Gasteiger partial charge in [-0.3, -0.25) is 4.99 Å². The van der Waals surface area contributed by atoms with Gasteiger partial charge in [-0.1, -0.05) is 32.9 Å². The van der Waals surface area contributed by atoms with Crippen molar-refractivity contribution in [3.8, 4) is 5.75 Å². The molecule has 2 N–H and O–H groups in total. The zero-order valence-electron chi connectivity index (χ0n) is 15.7. The molecule has 0 aliphatic heterocycles. The Labute approximate surface area is 149 Å². The molecule has 6 nitrogen and oxygen atoms in total. The molecule has 0 radical (unpaired) electrons. The predicted molar refractivity (Wildman–Crippen MR) is 100 cm³/mol. The van der Waals surface area contributed by atoms with Crippen molar-refractivity contribution in [2.45, 2.75) is 39.7 Å². The third-order valence-electron chi connectivity index (χ3n) is 3.58. The highest BCUT2D eigenvalue weighted by atomic mass is 16.5. The molecule has 0 spiro atoms. The standard InChI is InChI=1S/C19H28N4O2/c1-14-7-6-8-15(11-14)24-10-9-21-18(20-5)23-13-17-22-12-16(25-17)19(2,3)4/h6-8,11-12H,9-10,13H2,1-5H3,(H2,20,21,23). The van der Waals surface area contributed by atoms with Gasteiger partial charge in [0.2, 0.25) is 5.89 Å². The van der Waals surface area contributed by atoms with Crippen LogP contribution in [0, 0.1) is 6.92 Å². The number of ether oxygens (including phenoxy) is 1. The van der Waals surface area contributed by atoms with E-state index in [1.165, 1.54) is 5.56 Å². The molecule has 2 rings (SSSR count). The highest BCUT2D eigenvalue weighted by Gasteiger charge is 2.19. The first kappa shape index (κ1) is 18.8. The Morgan fingerprint density at radius 1 is 1.28 bits per heavy atom. The van der Waals surface area contributed by atoms with Gasteiger partial charge in [0, 0.05) is 12.5 Å². The molecule has 136 valence electrons. The summed E-state index contributed by atoms with van der Waals surface area (Å²) < 4.78 is 11.5. The fourth-order valence-electron chi connectivity index (χ4n) is 2.16. The lowest BCUT2D eigenvalue weighted by molar-refractivity contribution is 0.321. The normalized spacial score (nSPS) is 12.1. The molecule has 0 amide bonds. The summed E-state index contributed by atoms with van der Waals surface area (Å²) >= 11 is 0. The number of oxazole rings is 1. The Bertz CT molecular complexity index is 701. The van der Waals surface area contributed by atoms with E-state index in [4.69, 9.17) is 9.15 Å². The predicted octanol–water partition coefficient (Wildman–Crippen LogP) is 3.02. The summed E-state index contributed by atoms with van der Waals surface area (Å²) in [6.45, 7) is 10.0. The van der Waals surface area contributed by atoms with Crippen LogP contribution < -0.4 is 15.4 Å². The summed E-state index contributed by atoms with van der Waals surface area (Å²) in [7, 11) is 1.73. The molecule has 1 aromatic carbocycles. The zero-order valence-corrected chi connectivity index (χ0v) is 15.7. The van der Waals surface area contributed by atoms with Crippen LogP contribution >= 0.6 is 0 Å².